The molecule has 4 rings (SSSR count). The molecule has 2 aromatic carbocycles. The number of benzene rings is 2. The number of hydrogen-bond donors (Lipinski definition) is 0. The number of thiazole rings is 1. The Hall–Kier alpha value is -2.00. The van der Waals surface area contributed by atoms with E-state index in [4.69, 9.17) is 37.7 Å². The maximum Gasteiger partial charge on any atom is 0.185 e. The van der Waals surface area contributed by atoms with Gasteiger partial charge >= 0.3 is 0 Å². The first-order chi connectivity index (χ1) is 15.8. The van der Waals surface area contributed by atoms with Gasteiger partial charge in [0.25, 0.3) is 0 Å². The Labute approximate surface area is 208 Å². The molecule has 1 aliphatic heterocycles. The van der Waals surface area contributed by atoms with Crippen LogP contribution in [0.15, 0.2) is 46.7 Å². The fraction of sp³-hybridized carbons (Fsp3) is 0.348. The van der Waals surface area contributed by atoms with Crippen LogP contribution in [0.5, 0.6) is 11.5 Å². The minimum Gasteiger partial charge on any atom is -0.493 e. The van der Waals surface area contributed by atoms with Gasteiger partial charge in [0.05, 0.1) is 30.1 Å². The van der Waals surface area contributed by atoms with E-state index in [0.717, 1.165) is 16.4 Å². The van der Waals surface area contributed by atoms with Gasteiger partial charge in [-0.15, -0.1) is 11.3 Å². The number of hydrogen-bond acceptors (Lipinski definition) is 7. The molecule has 33 heavy (non-hydrogen) atoms. The number of rotatable bonds is 7. The molecule has 2 heterocycles. The second-order valence-corrected chi connectivity index (χ2v) is 11.8. The second-order valence-electron chi connectivity index (χ2n) is 7.82. The average Bonchev–Trinajstić information content (AvgIpc) is 3.27. The molecule has 3 aromatic rings. The number of aromatic nitrogens is 1. The van der Waals surface area contributed by atoms with Crippen molar-refractivity contribution in [1.82, 2.24) is 4.98 Å². The van der Waals surface area contributed by atoms with Gasteiger partial charge in [0, 0.05) is 34.9 Å². The number of methoxy groups -OCH3 is 2. The summed E-state index contributed by atoms with van der Waals surface area (Å²) < 4.78 is 36.8. The third kappa shape index (κ3) is 5.40. The molecule has 1 aliphatic rings. The third-order valence-corrected chi connectivity index (χ3v) is 9.32. The summed E-state index contributed by atoms with van der Waals surface area (Å²) in [5.74, 6) is 1.38. The van der Waals surface area contributed by atoms with E-state index < -0.39 is 15.1 Å². The summed E-state index contributed by atoms with van der Waals surface area (Å²) in [6.45, 7) is 1.25. The minimum absolute atomic E-state index is 0.185. The molecular weight excluding hydrogens is 503 g/mol. The molecule has 0 bridgehead atoms. The van der Waals surface area contributed by atoms with Gasteiger partial charge < -0.3 is 14.4 Å². The number of piperidine rings is 1. The lowest BCUT2D eigenvalue weighted by Gasteiger charge is -2.31. The standard InChI is InChI=1S/C23H24Cl2N2O4S2/c1-30-21-4-3-15(10-22(21)31-2)9-18-14-32-23(26-18)27-7-5-19(6-8-27)33(28,29)20-12-16(24)11-17(25)13-20/h3-4,10-14,19H,5-9H2,1-2H3. The zero-order chi connectivity index (χ0) is 23.6. The van der Waals surface area contributed by atoms with E-state index in [1.807, 2.05) is 23.6 Å². The lowest BCUT2D eigenvalue weighted by Crippen LogP contribution is -2.39. The summed E-state index contributed by atoms with van der Waals surface area (Å²) >= 11 is 13.6. The summed E-state index contributed by atoms with van der Waals surface area (Å²) in [4.78, 5) is 7.12. The van der Waals surface area contributed by atoms with E-state index in [0.29, 0.717) is 53.9 Å². The van der Waals surface area contributed by atoms with Crippen molar-refractivity contribution in [2.24, 2.45) is 0 Å². The molecule has 176 valence electrons. The first-order valence-electron chi connectivity index (χ1n) is 10.4. The van der Waals surface area contributed by atoms with Crippen molar-refractivity contribution in [3.8, 4) is 11.5 Å². The Morgan fingerprint density at radius 2 is 1.70 bits per heavy atom. The molecule has 1 aromatic heterocycles. The van der Waals surface area contributed by atoms with Crippen LogP contribution in [0.2, 0.25) is 10.0 Å². The lowest BCUT2D eigenvalue weighted by atomic mass is 10.1. The van der Waals surface area contributed by atoms with Crippen LogP contribution in [0.1, 0.15) is 24.1 Å². The normalized spacial score (nSPS) is 15.0. The molecule has 0 unspecified atom stereocenters. The monoisotopic (exact) mass is 526 g/mol. The van der Waals surface area contributed by atoms with Crippen molar-refractivity contribution < 1.29 is 17.9 Å². The van der Waals surface area contributed by atoms with Gasteiger partial charge in [-0.05, 0) is 48.7 Å². The molecule has 1 fully saturated rings. The van der Waals surface area contributed by atoms with Gasteiger partial charge in [-0.2, -0.15) is 0 Å². The van der Waals surface area contributed by atoms with Crippen molar-refractivity contribution in [2.75, 3.05) is 32.2 Å². The predicted molar refractivity (Wildman–Crippen MR) is 133 cm³/mol. The summed E-state index contributed by atoms with van der Waals surface area (Å²) in [6, 6.07) is 10.3. The topological polar surface area (TPSA) is 68.7 Å². The Balaban J connectivity index is 1.41. The van der Waals surface area contributed by atoms with Crippen molar-refractivity contribution in [2.45, 2.75) is 29.4 Å². The highest BCUT2D eigenvalue weighted by Gasteiger charge is 2.32. The summed E-state index contributed by atoms with van der Waals surface area (Å²) in [5.41, 5.74) is 2.04. The third-order valence-electron chi connectivity index (χ3n) is 5.69. The van der Waals surface area contributed by atoms with E-state index >= 15 is 0 Å². The molecule has 1 saturated heterocycles. The molecular formula is C23H24Cl2N2O4S2. The van der Waals surface area contributed by atoms with Crippen LogP contribution < -0.4 is 14.4 Å². The molecule has 0 radical (unpaired) electrons. The highest BCUT2D eigenvalue weighted by atomic mass is 35.5. The van der Waals surface area contributed by atoms with Crippen LogP contribution in [0, 0.1) is 0 Å². The zero-order valence-corrected chi connectivity index (χ0v) is 21.4. The molecule has 0 saturated carbocycles. The lowest BCUT2D eigenvalue weighted by molar-refractivity contribution is 0.354. The maximum atomic E-state index is 13.1. The Kier molecular flexibility index (Phi) is 7.38. The Morgan fingerprint density at radius 3 is 2.33 bits per heavy atom. The molecule has 0 amide bonds. The molecule has 0 spiro atoms. The summed E-state index contributed by atoms with van der Waals surface area (Å²) in [5, 5.41) is 3.14. The van der Waals surface area contributed by atoms with Crippen LogP contribution in [-0.2, 0) is 16.3 Å². The number of anilines is 1. The number of nitrogens with zero attached hydrogens (tertiary/aromatic N) is 2. The van der Waals surface area contributed by atoms with Gasteiger partial charge in [-0.3, -0.25) is 0 Å². The van der Waals surface area contributed by atoms with E-state index in [1.165, 1.54) is 18.2 Å². The molecule has 6 nitrogen and oxygen atoms in total. The Morgan fingerprint density at radius 1 is 1.03 bits per heavy atom. The van der Waals surface area contributed by atoms with Gasteiger partial charge in [-0.1, -0.05) is 29.3 Å². The van der Waals surface area contributed by atoms with E-state index in [1.54, 1.807) is 25.6 Å². The van der Waals surface area contributed by atoms with Crippen LogP contribution in [0.4, 0.5) is 5.13 Å². The van der Waals surface area contributed by atoms with Gasteiger partial charge in [-0.25, -0.2) is 13.4 Å². The van der Waals surface area contributed by atoms with E-state index in [9.17, 15) is 8.42 Å². The average molecular weight is 527 g/mol. The number of sulfone groups is 1. The van der Waals surface area contributed by atoms with Crippen LogP contribution in [0.25, 0.3) is 0 Å². The SMILES string of the molecule is COc1ccc(Cc2csc(N3CCC(S(=O)(=O)c4cc(Cl)cc(Cl)c4)CC3)n2)cc1OC. The quantitative estimate of drug-likeness (QED) is 0.404. The van der Waals surface area contributed by atoms with Gasteiger partial charge in [0.15, 0.2) is 26.5 Å². The highest BCUT2D eigenvalue weighted by Crippen LogP contribution is 2.32. The molecule has 0 aliphatic carbocycles. The first kappa shape index (κ1) is 24.1. The molecule has 10 heteroatoms. The van der Waals surface area contributed by atoms with Crippen LogP contribution >= 0.6 is 34.5 Å². The van der Waals surface area contributed by atoms with Crippen molar-refractivity contribution in [3.63, 3.8) is 0 Å². The van der Waals surface area contributed by atoms with Gasteiger partial charge in [0.2, 0.25) is 0 Å². The van der Waals surface area contributed by atoms with E-state index in [-0.39, 0.29) is 4.90 Å². The first-order valence-corrected chi connectivity index (χ1v) is 13.6. The largest absolute Gasteiger partial charge is 0.493 e. The summed E-state index contributed by atoms with van der Waals surface area (Å²) in [7, 11) is -0.263. The fourth-order valence-corrected chi connectivity index (χ4v) is 7.30. The van der Waals surface area contributed by atoms with Crippen LogP contribution in [-0.4, -0.2) is 46.0 Å². The maximum absolute atomic E-state index is 13.1. The molecule has 0 N–H and O–H groups in total. The Bertz CT molecular complexity index is 1220. The van der Waals surface area contributed by atoms with Crippen molar-refractivity contribution >= 4 is 49.5 Å². The fourth-order valence-electron chi connectivity index (χ4n) is 3.97. The predicted octanol–water partition coefficient (Wildman–Crippen LogP) is 5.50. The highest BCUT2D eigenvalue weighted by molar-refractivity contribution is 7.92. The van der Waals surface area contributed by atoms with E-state index in [2.05, 4.69) is 4.90 Å². The number of halogens is 2. The van der Waals surface area contributed by atoms with Gasteiger partial charge in [0.1, 0.15) is 0 Å². The smallest absolute Gasteiger partial charge is 0.185 e. The zero-order valence-electron chi connectivity index (χ0n) is 18.3. The molecule has 0 atom stereocenters. The minimum atomic E-state index is -3.50. The second kappa shape index (κ2) is 10.1. The number of ether oxygens (including phenoxy) is 2. The summed E-state index contributed by atoms with van der Waals surface area (Å²) in [6.07, 6.45) is 1.73. The van der Waals surface area contributed by atoms with Crippen molar-refractivity contribution in [1.29, 1.82) is 0 Å². The van der Waals surface area contributed by atoms with Crippen molar-refractivity contribution in [3.05, 3.63) is 63.1 Å². The van der Waals surface area contributed by atoms with Crippen LogP contribution in [0.3, 0.4) is 0 Å².